The Morgan fingerprint density at radius 1 is 1.27 bits per heavy atom. The van der Waals surface area contributed by atoms with Gasteiger partial charge in [-0.2, -0.15) is 0 Å². The number of hydrogen-bond donors (Lipinski definition) is 1. The van der Waals surface area contributed by atoms with Crippen molar-refractivity contribution in [3.8, 4) is 0 Å². The fourth-order valence-corrected chi connectivity index (χ4v) is 3.30. The predicted octanol–water partition coefficient (Wildman–Crippen LogP) is 2.71. The minimum atomic E-state index is -0.138. The van der Waals surface area contributed by atoms with Gasteiger partial charge in [0.05, 0.1) is 16.3 Å². The van der Waals surface area contributed by atoms with Crippen LogP contribution in [0.15, 0.2) is 18.3 Å². The van der Waals surface area contributed by atoms with Gasteiger partial charge >= 0.3 is 0 Å². The maximum atomic E-state index is 6.46. The topological polar surface area (TPSA) is 38.9 Å². The molecule has 15 heavy (non-hydrogen) atoms. The van der Waals surface area contributed by atoms with E-state index < -0.39 is 0 Å². The molecule has 2 unspecified atom stereocenters. The molecule has 2 nitrogen and oxygen atoms in total. The van der Waals surface area contributed by atoms with E-state index in [1.807, 2.05) is 12.1 Å². The Morgan fingerprint density at radius 3 is 2.47 bits per heavy atom. The van der Waals surface area contributed by atoms with E-state index in [4.69, 9.17) is 17.3 Å². The van der Waals surface area contributed by atoms with Gasteiger partial charge in [-0.3, -0.25) is 4.98 Å². The molecular weight excluding hydrogens is 208 g/mol. The van der Waals surface area contributed by atoms with Crippen LogP contribution in [-0.2, 0) is 5.54 Å². The Balaban J connectivity index is 1.91. The molecule has 3 rings (SSSR count). The Kier molecular flexibility index (Phi) is 2.05. The molecule has 1 aromatic rings. The summed E-state index contributed by atoms with van der Waals surface area (Å²) < 4.78 is 0. The van der Waals surface area contributed by atoms with Crippen LogP contribution >= 0.6 is 11.6 Å². The maximum absolute atomic E-state index is 6.46. The first-order valence-electron chi connectivity index (χ1n) is 5.64. The summed E-state index contributed by atoms with van der Waals surface area (Å²) in [5.74, 6) is 1.33. The second kappa shape index (κ2) is 3.19. The van der Waals surface area contributed by atoms with Gasteiger partial charge in [-0.05, 0) is 36.8 Å². The van der Waals surface area contributed by atoms with E-state index in [9.17, 15) is 0 Å². The van der Waals surface area contributed by atoms with E-state index in [-0.39, 0.29) is 5.54 Å². The highest BCUT2D eigenvalue weighted by Gasteiger charge is 2.63. The second-order valence-electron chi connectivity index (χ2n) is 4.79. The molecule has 2 fully saturated rings. The Bertz CT molecular complexity index is 362. The molecule has 1 heterocycles. The normalized spacial score (nSPS) is 38.5. The van der Waals surface area contributed by atoms with Crippen LogP contribution in [0.5, 0.6) is 0 Å². The van der Waals surface area contributed by atoms with E-state index in [2.05, 4.69) is 4.98 Å². The Morgan fingerprint density at radius 2 is 1.93 bits per heavy atom. The van der Waals surface area contributed by atoms with Crippen molar-refractivity contribution in [3.05, 3.63) is 29.0 Å². The molecule has 0 saturated heterocycles. The van der Waals surface area contributed by atoms with E-state index in [1.54, 1.807) is 6.20 Å². The Labute approximate surface area is 94.8 Å². The summed E-state index contributed by atoms with van der Waals surface area (Å²) in [5.41, 5.74) is 7.36. The average Bonchev–Trinajstić information content (AvgIpc) is 2.88. The first-order valence-corrected chi connectivity index (χ1v) is 6.01. The molecule has 0 bridgehead atoms. The predicted molar refractivity (Wildman–Crippen MR) is 60.6 cm³/mol. The van der Waals surface area contributed by atoms with Crippen LogP contribution < -0.4 is 5.73 Å². The van der Waals surface area contributed by atoms with E-state index in [0.29, 0.717) is 16.9 Å². The number of aromatic nitrogens is 1. The lowest BCUT2D eigenvalue weighted by molar-refractivity contribution is 0.480. The van der Waals surface area contributed by atoms with E-state index >= 15 is 0 Å². The SMILES string of the molecule is NC1(c2ccc(Cl)cn2)C2CCCCC21. The summed E-state index contributed by atoms with van der Waals surface area (Å²) in [5, 5.41) is 0.686. The summed E-state index contributed by atoms with van der Waals surface area (Å²) in [6.07, 6.45) is 6.90. The zero-order chi connectivity index (χ0) is 10.5. The molecule has 2 saturated carbocycles. The van der Waals surface area contributed by atoms with Gasteiger partial charge in [0.2, 0.25) is 0 Å². The van der Waals surface area contributed by atoms with Gasteiger partial charge in [0, 0.05) is 6.20 Å². The van der Waals surface area contributed by atoms with Crippen LogP contribution in [-0.4, -0.2) is 4.98 Å². The Hall–Kier alpha value is -0.600. The highest BCUT2D eigenvalue weighted by molar-refractivity contribution is 6.30. The van der Waals surface area contributed by atoms with Crippen molar-refractivity contribution >= 4 is 11.6 Å². The van der Waals surface area contributed by atoms with Crippen LogP contribution in [0.3, 0.4) is 0 Å². The van der Waals surface area contributed by atoms with Crippen LogP contribution in [0.4, 0.5) is 0 Å². The summed E-state index contributed by atoms with van der Waals surface area (Å²) in [6.45, 7) is 0. The number of halogens is 1. The maximum Gasteiger partial charge on any atom is 0.0647 e. The van der Waals surface area contributed by atoms with Crippen LogP contribution in [0.2, 0.25) is 5.02 Å². The van der Waals surface area contributed by atoms with Crippen molar-refractivity contribution in [3.63, 3.8) is 0 Å². The number of rotatable bonds is 1. The van der Waals surface area contributed by atoms with E-state index in [0.717, 1.165) is 5.69 Å². The molecule has 1 aromatic heterocycles. The van der Waals surface area contributed by atoms with Gasteiger partial charge in [-0.1, -0.05) is 24.4 Å². The minimum Gasteiger partial charge on any atom is -0.320 e. The lowest BCUT2D eigenvalue weighted by atomic mass is 10.0. The number of pyridine rings is 1. The fraction of sp³-hybridized carbons (Fsp3) is 0.583. The van der Waals surface area contributed by atoms with Crippen molar-refractivity contribution in [2.24, 2.45) is 17.6 Å². The second-order valence-corrected chi connectivity index (χ2v) is 5.23. The average molecular weight is 223 g/mol. The largest absolute Gasteiger partial charge is 0.320 e. The van der Waals surface area contributed by atoms with Crippen LogP contribution in [0, 0.1) is 11.8 Å². The first kappa shape index (κ1) is 9.61. The number of hydrogen-bond acceptors (Lipinski definition) is 2. The van der Waals surface area contributed by atoms with Crippen molar-refractivity contribution in [2.45, 2.75) is 31.2 Å². The van der Waals surface area contributed by atoms with Crippen LogP contribution in [0.25, 0.3) is 0 Å². The fourth-order valence-electron chi connectivity index (χ4n) is 3.18. The molecule has 2 atom stereocenters. The third-order valence-corrected chi connectivity index (χ3v) is 4.28. The van der Waals surface area contributed by atoms with Crippen molar-refractivity contribution in [1.29, 1.82) is 0 Å². The quantitative estimate of drug-likeness (QED) is 0.794. The van der Waals surface area contributed by atoms with Crippen molar-refractivity contribution < 1.29 is 0 Å². The molecular formula is C12H15ClN2. The molecule has 0 spiro atoms. The van der Waals surface area contributed by atoms with Gasteiger partial charge in [0.25, 0.3) is 0 Å². The highest BCUT2D eigenvalue weighted by Crippen LogP contribution is 2.62. The van der Waals surface area contributed by atoms with Crippen molar-refractivity contribution in [1.82, 2.24) is 4.98 Å². The molecule has 2 aliphatic rings. The van der Waals surface area contributed by atoms with Gasteiger partial charge in [-0.15, -0.1) is 0 Å². The standard InChI is InChI=1S/C12H15ClN2/c13-8-5-6-11(15-7-8)12(14)9-3-1-2-4-10(9)12/h5-7,9-10H,1-4,14H2. The number of nitrogens with zero attached hydrogens (tertiary/aromatic N) is 1. The molecule has 0 aromatic carbocycles. The third-order valence-electron chi connectivity index (χ3n) is 4.05. The zero-order valence-electron chi connectivity index (χ0n) is 8.62. The lowest BCUT2D eigenvalue weighted by Gasteiger charge is -2.10. The molecule has 0 aliphatic heterocycles. The summed E-state index contributed by atoms with van der Waals surface area (Å²) in [7, 11) is 0. The summed E-state index contributed by atoms with van der Waals surface area (Å²) >= 11 is 5.83. The lowest BCUT2D eigenvalue weighted by Crippen LogP contribution is -2.25. The van der Waals surface area contributed by atoms with Gasteiger partial charge in [-0.25, -0.2) is 0 Å². The minimum absolute atomic E-state index is 0.138. The zero-order valence-corrected chi connectivity index (χ0v) is 9.37. The number of nitrogens with two attached hydrogens (primary N) is 1. The summed E-state index contributed by atoms with van der Waals surface area (Å²) in [4.78, 5) is 4.38. The van der Waals surface area contributed by atoms with Crippen LogP contribution in [0.1, 0.15) is 31.4 Å². The first-order chi connectivity index (χ1) is 7.23. The molecule has 80 valence electrons. The molecule has 0 radical (unpaired) electrons. The van der Waals surface area contributed by atoms with Gasteiger partial charge in [0.15, 0.2) is 0 Å². The molecule has 0 amide bonds. The third kappa shape index (κ3) is 1.31. The molecule has 2 aliphatic carbocycles. The summed E-state index contributed by atoms with van der Waals surface area (Å²) in [6, 6.07) is 3.88. The number of fused-ring (bicyclic) bond motifs is 1. The van der Waals surface area contributed by atoms with E-state index in [1.165, 1.54) is 25.7 Å². The smallest absolute Gasteiger partial charge is 0.0647 e. The monoisotopic (exact) mass is 222 g/mol. The van der Waals surface area contributed by atoms with Gasteiger partial charge in [0.1, 0.15) is 0 Å². The van der Waals surface area contributed by atoms with Gasteiger partial charge < -0.3 is 5.73 Å². The van der Waals surface area contributed by atoms with Crippen molar-refractivity contribution in [2.75, 3.05) is 0 Å². The molecule has 3 heteroatoms. The highest BCUT2D eigenvalue weighted by atomic mass is 35.5. The molecule has 2 N–H and O–H groups in total.